The molecule has 0 amide bonds. The summed E-state index contributed by atoms with van der Waals surface area (Å²) in [5.41, 5.74) is 5.39. The van der Waals surface area contributed by atoms with Crippen molar-refractivity contribution in [1.82, 2.24) is 9.03 Å². The van der Waals surface area contributed by atoms with Gasteiger partial charge in [-0.25, -0.2) is 0 Å². The van der Waals surface area contributed by atoms with Gasteiger partial charge in [-0.2, -0.15) is 29.2 Å². The van der Waals surface area contributed by atoms with Crippen molar-refractivity contribution in [1.29, 1.82) is 0 Å². The Labute approximate surface area is 115 Å². The van der Waals surface area contributed by atoms with Gasteiger partial charge in [-0.15, -0.1) is 0 Å². The zero-order chi connectivity index (χ0) is 13.6. The van der Waals surface area contributed by atoms with Crippen molar-refractivity contribution in [3.63, 3.8) is 0 Å². The highest BCUT2D eigenvalue weighted by atomic mass is 32.2. The molecule has 0 aromatic carbocycles. The summed E-state index contributed by atoms with van der Waals surface area (Å²) in [4.78, 5) is 0. The smallest absolute Gasteiger partial charge is 0.279 e. The third kappa shape index (κ3) is 5.05. The van der Waals surface area contributed by atoms with Crippen LogP contribution >= 0.6 is 11.8 Å². The van der Waals surface area contributed by atoms with E-state index in [2.05, 4.69) is 11.6 Å². The van der Waals surface area contributed by atoms with Crippen molar-refractivity contribution in [2.24, 2.45) is 5.73 Å². The van der Waals surface area contributed by atoms with E-state index in [0.717, 1.165) is 25.0 Å². The minimum Gasteiger partial charge on any atom is -0.330 e. The first-order valence-corrected chi connectivity index (χ1v) is 9.03. The van der Waals surface area contributed by atoms with Crippen LogP contribution in [0.3, 0.4) is 0 Å². The molecule has 0 bridgehead atoms. The Kier molecular flexibility index (Phi) is 6.94. The summed E-state index contributed by atoms with van der Waals surface area (Å²) < 4.78 is 28.2. The van der Waals surface area contributed by atoms with Gasteiger partial charge in [0.15, 0.2) is 0 Å². The van der Waals surface area contributed by atoms with Crippen LogP contribution in [-0.4, -0.2) is 49.9 Å². The summed E-state index contributed by atoms with van der Waals surface area (Å²) in [6.07, 6.45) is 3.69. The average molecular weight is 295 g/mol. The highest BCUT2D eigenvalue weighted by Gasteiger charge is 2.29. The van der Waals surface area contributed by atoms with Gasteiger partial charge in [0, 0.05) is 24.9 Å². The summed E-state index contributed by atoms with van der Waals surface area (Å²) in [5, 5.41) is 0.608. The number of nitrogens with one attached hydrogen (secondary N) is 1. The van der Waals surface area contributed by atoms with E-state index in [1.807, 2.05) is 11.8 Å². The molecule has 108 valence electrons. The second-order valence-corrected chi connectivity index (χ2v) is 8.06. The van der Waals surface area contributed by atoms with E-state index < -0.39 is 10.2 Å². The predicted molar refractivity (Wildman–Crippen MR) is 77.9 cm³/mol. The van der Waals surface area contributed by atoms with Gasteiger partial charge in [-0.1, -0.05) is 6.92 Å². The van der Waals surface area contributed by atoms with Gasteiger partial charge in [-0.3, -0.25) is 0 Å². The molecule has 1 saturated carbocycles. The molecule has 18 heavy (non-hydrogen) atoms. The lowest BCUT2D eigenvalue weighted by molar-refractivity contribution is 0.442. The monoisotopic (exact) mass is 295 g/mol. The van der Waals surface area contributed by atoms with Gasteiger partial charge in [-0.05, 0) is 38.0 Å². The van der Waals surface area contributed by atoms with E-state index in [-0.39, 0.29) is 6.04 Å². The molecule has 1 fully saturated rings. The van der Waals surface area contributed by atoms with Crippen LogP contribution in [0.15, 0.2) is 0 Å². The largest absolute Gasteiger partial charge is 0.330 e. The third-order valence-corrected chi connectivity index (χ3v) is 6.06. The fourth-order valence-electron chi connectivity index (χ4n) is 2.17. The van der Waals surface area contributed by atoms with Crippen LogP contribution in [0.5, 0.6) is 0 Å². The molecule has 2 unspecified atom stereocenters. The van der Waals surface area contributed by atoms with E-state index in [1.165, 1.54) is 4.31 Å². The first kappa shape index (κ1) is 16.2. The zero-order valence-corrected chi connectivity index (χ0v) is 12.9. The van der Waals surface area contributed by atoms with E-state index >= 15 is 0 Å². The highest BCUT2D eigenvalue weighted by molar-refractivity contribution is 7.99. The van der Waals surface area contributed by atoms with E-state index in [1.54, 1.807) is 7.05 Å². The van der Waals surface area contributed by atoms with Gasteiger partial charge in [0.1, 0.15) is 0 Å². The van der Waals surface area contributed by atoms with Crippen LogP contribution in [0, 0.1) is 0 Å². The van der Waals surface area contributed by atoms with Gasteiger partial charge in [0.05, 0.1) is 0 Å². The Morgan fingerprint density at radius 2 is 2.17 bits per heavy atom. The lowest BCUT2D eigenvalue weighted by Gasteiger charge is -2.20. The van der Waals surface area contributed by atoms with Crippen LogP contribution in [0.2, 0.25) is 0 Å². The van der Waals surface area contributed by atoms with E-state index in [9.17, 15) is 8.42 Å². The molecule has 0 radical (unpaired) electrons. The number of thioether (sulfide) groups is 1. The standard InChI is InChI=1S/C11H25N3O2S2/c1-3-17-11-6-5-10(9-11)13-18(15,16)14(2)8-4-7-12/h10-11,13H,3-9,12H2,1-2H3. The normalized spacial score (nSPS) is 24.9. The second kappa shape index (κ2) is 7.69. The fraction of sp³-hybridized carbons (Fsp3) is 1.00. The SMILES string of the molecule is CCSC1CCC(NS(=O)(=O)N(C)CCCN)C1. The molecule has 0 heterocycles. The maximum absolute atomic E-state index is 12.0. The van der Waals surface area contributed by atoms with E-state index in [4.69, 9.17) is 5.73 Å². The van der Waals surface area contributed by atoms with Crippen molar-refractivity contribution in [2.75, 3.05) is 25.9 Å². The van der Waals surface area contributed by atoms with Crippen LogP contribution in [-0.2, 0) is 10.2 Å². The Balaban J connectivity index is 2.41. The first-order chi connectivity index (χ1) is 8.49. The Morgan fingerprint density at radius 1 is 1.44 bits per heavy atom. The van der Waals surface area contributed by atoms with Crippen molar-refractivity contribution in [3.8, 4) is 0 Å². The molecule has 0 aromatic heterocycles. The minimum absolute atomic E-state index is 0.0966. The summed E-state index contributed by atoms with van der Waals surface area (Å²) in [6, 6.07) is 0.0966. The number of nitrogens with two attached hydrogens (primary N) is 1. The topological polar surface area (TPSA) is 75.4 Å². The lowest BCUT2D eigenvalue weighted by atomic mass is 10.3. The summed E-state index contributed by atoms with van der Waals surface area (Å²) >= 11 is 1.93. The molecular weight excluding hydrogens is 270 g/mol. The second-order valence-electron chi connectivity index (χ2n) is 4.67. The molecule has 0 aromatic rings. The number of rotatable bonds is 8. The van der Waals surface area contributed by atoms with Crippen LogP contribution < -0.4 is 10.5 Å². The molecule has 1 rings (SSSR count). The minimum atomic E-state index is -3.34. The van der Waals surface area contributed by atoms with Gasteiger partial charge in [0.2, 0.25) is 0 Å². The van der Waals surface area contributed by atoms with Crippen LogP contribution in [0.4, 0.5) is 0 Å². The fourth-order valence-corrected chi connectivity index (χ4v) is 4.50. The van der Waals surface area contributed by atoms with Crippen LogP contribution in [0.1, 0.15) is 32.6 Å². The van der Waals surface area contributed by atoms with Gasteiger partial charge in [0.25, 0.3) is 10.2 Å². The lowest BCUT2D eigenvalue weighted by Crippen LogP contribution is -2.43. The van der Waals surface area contributed by atoms with Crippen molar-refractivity contribution < 1.29 is 8.42 Å². The molecule has 7 heteroatoms. The number of hydrogen-bond donors (Lipinski definition) is 2. The molecule has 0 saturated heterocycles. The molecule has 1 aliphatic carbocycles. The molecule has 0 aliphatic heterocycles. The number of nitrogens with zero attached hydrogens (tertiary/aromatic N) is 1. The Bertz CT molecular complexity index is 335. The summed E-state index contributed by atoms with van der Waals surface area (Å²) in [6.45, 7) is 3.13. The van der Waals surface area contributed by atoms with Gasteiger partial charge < -0.3 is 5.73 Å². The molecule has 2 atom stereocenters. The molecular formula is C11H25N3O2S2. The quantitative estimate of drug-likeness (QED) is 0.694. The highest BCUT2D eigenvalue weighted by Crippen LogP contribution is 2.30. The summed E-state index contributed by atoms with van der Waals surface area (Å²) in [7, 11) is -1.73. The van der Waals surface area contributed by atoms with Crippen LogP contribution in [0.25, 0.3) is 0 Å². The van der Waals surface area contributed by atoms with Crippen molar-refractivity contribution >= 4 is 22.0 Å². The Morgan fingerprint density at radius 3 is 2.78 bits per heavy atom. The van der Waals surface area contributed by atoms with Crippen molar-refractivity contribution in [2.45, 2.75) is 43.9 Å². The molecule has 5 nitrogen and oxygen atoms in total. The first-order valence-electron chi connectivity index (χ1n) is 6.54. The zero-order valence-electron chi connectivity index (χ0n) is 11.3. The summed E-state index contributed by atoms with van der Waals surface area (Å²) in [5.74, 6) is 1.10. The average Bonchev–Trinajstić information content (AvgIpc) is 2.73. The molecule has 3 N–H and O–H groups in total. The molecule has 1 aliphatic rings. The molecule has 0 spiro atoms. The number of hydrogen-bond acceptors (Lipinski definition) is 4. The maximum atomic E-state index is 12.0. The van der Waals surface area contributed by atoms with Crippen molar-refractivity contribution in [3.05, 3.63) is 0 Å². The Hall–Kier alpha value is 0.180. The maximum Gasteiger partial charge on any atom is 0.279 e. The van der Waals surface area contributed by atoms with Gasteiger partial charge >= 0.3 is 0 Å². The predicted octanol–water partition coefficient (Wildman–Crippen LogP) is 0.776. The van der Waals surface area contributed by atoms with E-state index in [0.29, 0.717) is 24.8 Å². The third-order valence-electron chi connectivity index (χ3n) is 3.19.